The summed E-state index contributed by atoms with van der Waals surface area (Å²) in [5.41, 5.74) is 3.14. The first-order chi connectivity index (χ1) is 18.9. The van der Waals surface area contributed by atoms with Crippen LogP contribution in [0.5, 0.6) is 11.5 Å². The van der Waals surface area contributed by atoms with Gasteiger partial charge in [0.25, 0.3) is 0 Å². The normalized spacial score (nSPS) is 15.2. The van der Waals surface area contributed by atoms with Crippen molar-refractivity contribution in [3.63, 3.8) is 0 Å². The standard InChI is InChI=1S/C27H23F3N6O2S/c1-37-24-6-3-2-5-23(24)35-15-4-16-39-26(35)33-32-17-19-7-9-20(10-8-19)25-31-18-36(34-25)21-11-13-22(14-12-21)38-27(28,29)30/h2-3,5-14,17-18H,4,15-16H2,1H3. The molecule has 0 amide bonds. The molecule has 0 unspecified atom stereocenters. The molecule has 12 heteroatoms. The Bertz CT molecular complexity index is 1470. The molecule has 39 heavy (non-hydrogen) atoms. The van der Waals surface area contributed by atoms with Gasteiger partial charge < -0.3 is 14.4 Å². The van der Waals surface area contributed by atoms with Gasteiger partial charge in [0.15, 0.2) is 11.0 Å². The lowest BCUT2D eigenvalue weighted by atomic mass is 10.1. The Hall–Kier alpha value is -4.32. The molecule has 3 aromatic carbocycles. The minimum atomic E-state index is -4.74. The van der Waals surface area contributed by atoms with E-state index in [9.17, 15) is 13.2 Å². The van der Waals surface area contributed by atoms with Crippen LogP contribution in [0.15, 0.2) is 89.3 Å². The number of hydrogen-bond donors (Lipinski definition) is 0. The van der Waals surface area contributed by atoms with Crippen molar-refractivity contribution in [2.75, 3.05) is 24.3 Å². The minimum Gasteiger partial charge on any atom is -0.495 e. The summed E-state index contributed by atoms with van der Waals surface area (Å²) in [6.45, 7) is 0.835. The molecule has 1 saturated heterocycles. The molecule has 4 aromatic rings. The molecule has 0 saturated carbocycles. The number of nitrogens with zero attached hydrogens (tertiary/aromatic N) is 6. The number of amidine groups is 1. The van der Waals surface area contributed by atoms with E-state index < -0.39 is 6.36 Å². The Labute approximate surface area is 226 Å². The van der Waals surface area contributed by atoms with Gasteiger partial charge >= 0.3 is 6.36 Å². The highest BCUT2D eigenvalue weighted by molar-refractivity contribution is 8.14. The Kier molecular flexibility index (Phi) is 7.82. The largest absolute Gasteiger partial charge is 0.573 e. The summed E-state index contributed by atoms with van der Waals surface area (Å²) in [7, 11) is 1.66. The predicted octanol–water partition coefficient (Wildman–Crippen LogP) is 6.17. The van der Waals surface area contributed by atoms with Crippen LogP contribution >= 0.6 is 11.8 Å². The van der Waals surface area contributed by atoms with Gasteiger partial charge in [-0.2, -0.15) is 5.10 Å². The first kappa shape index (κ1) is 26.3. The van der Waals surface area contributed by atoms with Gasteiger partial charge in [0.05, 0.1) is 24.7 Å². The topological polar surface area (TPSA) is 77.1 Å². The van der Waals surface area contributed by atoms with Crippen LogP contribution in [-0.4, -0.2) is 51.9 Å². The van der Waals surface area contributed by atoms with Gasteiger partial charge in [0.2, 0.25) is 0 Å². The number of rotatable bonds is 7. The third-order valence-corrected chi connectivity index (χ3v) is 6.76. The highest BCUT2D eigenvalue weighted by atomic mass is 32.2. The number of alkyl halides is 3. The van der Waals surface area contributed by atoms with Gasteiger partial charge in [-0.3, -0.25) is 0 Å². The lowest BCUT2D eigenvalue weighted by Gasteiger charge is -2.29. The van der Waals surface area contributed by atoms with Gasteiger partial charge in [-0.25, -0.2) is 9.67 Å². The number of anilines is 1. The summed E-state index contributed by atoms with van der Waals surface area (Å²) in [6.07, 6.45) is -0.523. The van der Waals surface area contributed by atoms with Crippen LogP contribution < -0.4 is 14.4 Å². The van der Waals surface area contributed by atoms with E-state index in [2.05, 4.69) is 29.9 Å². The number of benzene rings is 3. The predicted molar refractivity (Wildman–Crippen MR) is 146 cm³/mol. The number of thioether (sulfide) groups is 1. The number of methoxy groups -OCH3 is 1. The van der Waals surface area contributed by atoms with E-state index >= 15 is 0 Å². The van der Waals surface area contributed by atoms with E-state index in [1.807, 2.05) is 48.5 Å². The second kappa shape index (κ2) is 11.6. The van der Waals surface area contributed by atoms with Crippen molar-refractivity contribution in [2.45, 2.75) is 12.8 Å². The molecular weight excluding hydrogens is 529 g/mol. The van der Waals surface area contributed by atoms with E-state index in [0.717, 1.165) is 46.4 Å². The van der Waals surface area contributed by atoms with Gasteiger partial charge in [-0.05, 0) is 48.4 Å². The minimum absolute atomic E-state index is 0.302. The van der Waals surface area contributed by atoms with E-state index in [0.29, 0.717) is 11.5 Å². The molecule has 0 N–H and O–H groups in total. The van der Waals surface area contributed by atoms with Crippen molar-refractivity contribution in [3.8, 4) is 28.6 Å². The van der Waals surface area contributed by atoms with E-state index in [1.54, 1.807) is 25.1 Å². The number of aromatic nitrogens is 3. The van der Waals surface area contributed by atoms with Crippen molar-refractivity contribution in [1.29, 1.82) is 0 Å². The highest BCUT2D eigenvalue weighted by Gasteiger charge is 2.31. The van der Waals surface area contributed by atoms with Crippen LogP contribution in [0.4, 0.5) is 18.9 Å². The van der Waals surface area contributed by atoms with E-state index in [-0.39, 0.29) is 5.75 Å². The summed E-state index contributed by atoms with van der Waals surface area (Å²) >= 11 is 1.65. The molecular formula is C27H23F3N6O2S. The van der Waals surface area contributed by atoms with Crippen molar-refractivity contribution in [1.82, 2.24) is 14.8 Å². The molecule has 200 valence electrons. The van der Waals surface area contributed by atoms with Crippen LogP contribution in [0.2, 0.25) is 0 Å². The average molecular weight is 553 g/mol. The molecule has 0 radical (unpaired) electrons. The maximum atomic E-state index is 12.4. The zero-order chi connectivity index (χ0) is 27.2. The Morgan fingerprint density at radius 2 is 1.77 bits per heavy atom. The molecule has 2 heterocycles. The molecule has 0 spiro atoms. The summed E-state index contributed by atoms with van der Waals surface area (Å²) < 4.78 is 48.0. The quantitative estimate of drug-likeness (QED) is 0.202. The van der Waals surface area contributed by atoms with Crippen molar-refractivity contribution < 1.29 is 22.6 Å². The summed E-state index contributed by atoms with van der Waals surface area (Å²) in [5.74, 6) is 1.93. The molecule has 1 fully saturated rings. The summed E-state index contributed by atoms with van der Waals surface area (Å²) in [4.78, 5) is 6.43. The molecule has 1 aliphatic heterocycles. The van der Waals surface area contributed by atoms with E-state index in [1.165, 1.54) is 35.3 Å². The van der Waals surface area contributed by atoms with Crippen LogP contribution in [0, 0.1) is 0 Å². The van der Waals surface area contributed by atoms with Crippen molar-refractivity contribution in [3.05, 3.63) is 84.7 Å². The first-order valence-corrected chi connectivity index (χ1v) is 12.9. The third kappa shape index (κ3) is 6.58. The Morgan fingerprint density at radius 3 is 2.51 bits per heavy atom. The number of ether oxygens (including phenoxy) is 2. The summed E-state index contributed by atoms with van der Waals surface area (Å²) in [6, 6.07) is 20.7. The molecule has 1 aliphatic rings. The van der Waals surface area contributed by atoms with Crippen LogP contribution in [0.1, 0.15) is 12.0 Å². The lowest BCUT2D eigenvalue weighted by molar-refractivity contribution is -0.274. The van der Waals surface area contributed by atoms with Gasteiger partial charge in [0, 0.05) is 17.9 Å². The van der Waals surface area contributed by atoms with Crippen LogP contribution in [0.3, 0.4) is 0 Å². The Morgan fingerprint density at radius 1 is 1.00 bits per heavy atom. The molecule has 0 aliphatic carbocycles. The molecule has 8 nitrogen and oxygen atoms in total. The SMILES string of the molecule is COc1ccccc1N1CCCSC1=NN=Cc1ccc(-c2ncn(-c3ccc(OC(F)(F)F)cc3)n2)cc1. The number of halogens is 3. The molecule has 5 rings (SSSR count). The lowest BCUT2D eigenvalue weighted by Crippen LogP contribution is -2.34. The summed E-state index contributed by atoms with van der Waals surface area (Å²) in [5, 5.41) is 14.0. The van der Waals surface area contributed by atoms with Crippen molar-refractivity contribution in [2.24, 2.45) is 10.2 Å². The second-order valence-corrected chi connectivity index (χ2v) is 9.39. The molecule has 1 aromatic heterocycles. The fourth-order valence-corrected chi connectivity index (χ4v) is 4.81. The fraction of sp³-hybridized carbons (Fsp3) is 0.185. The maximum Gasteiger partial charge on any atom is 0.573 e. The zero-order valence-electron chi connectivity index (χ0n) is 20.7. The second-order valence-electron chi connectivity index (χ2n) is 8.33. The average Bonchev–Trinajstić information content (AvgIpc) is 3.44. The van der Waals surface area contributed by atoms with Crippen LogP contribution in [-0.2, 0) is 0 Å². The monoisotopic (exact) mass is 552 g/mol. The molecule has 0 bridgehead atoms. The van der Waals surface area contributed by atoms with Gasteiger partial charge in [-0.15, -0.1) is 23.4 Å². The Balaban J connectivity index is 1.26. The van der Waals surface area contributed by atoms with Gasteiger partial charge in [-0.1, -0.05) is 48.2 Å². The molecule has 0 atom stereocenters. The third-order valence-electron chi connectivity index (χ3n) is 5.71. The smallest absolute Gasteiger partial charge is 0.495 e. The first-order valence-electron chi connectivity index (χ1n) is 11.9. The maximum absolute atomic E-state index is 12.4. The zero-order valence-corrected chi connectivity index (χ0v) is 21.6. The van der Waals surface area contributed by atoms with Crippen molar-refractivity contribution >= 4 is 28.8 Å². The van der Waals surface area contributed by atoms with E-state index in [4.69, 9.17) is 4.74 Å². The number of hydrogen-bond acceptors (Lipinski definition) is 7. The highest BCUT2D eigenvalue weighted by Crippen LogP contribution is 2.32. The fourth-order valence-electron chi connectivity index (χ4n) is 3.90. The van der Waals surface area contributed by atoms with Gasteiger partial charge in [0.1, 0.15) is 17.8 Å². The number of para-hydroxylation sites is 2. The van der Waals surface area contributed by atoms with Crippen LogP contribution in [0.25, 0.3) is 17.1 Å².